The molecule has 0 amide bonds. The van der Waals surface area contributed by atoms with Crippen LogP contribution in [0.3, 0.4) is 0 Å². The fourth-order valence-corrected chi connectivity index (χ4v) is 0. The summed E-state index contributed by atoms with van der Waals surface area (Å²) in [5.41, 5.74) is 0. The Morgan fingerprint density at radius 2 is 1.22 bits per heavy atom. The van der Waals surface area contributed by atoms with Gasteiger partial charge in [-0.1, -0.05) is 38.3 Å². The molecule has 56 valence electrons. The highest BCUT2D eigenvalue weighted by Crippen LogP contribution is 1.79. The van der Waals surface area contributed by atoms with Gasteiger partial charge in [-0.15, -0.1) is 0 Å². The van der Waals surface area contributed by atoms with Gasteiger partial charge in [-0.3, -0.25) is 10.0 Å². The van der Waals surface area contributed by atoms with Crippen LogP contribution >= 0.6 is 10.0 Å². The molecule has 0 radical (unpaired) electrons. The van der Waals surface area contributed by atoms with Gasteiger partial charge in [0.05, 0.1) is 0 Å². The molecule has 0 saturated carbocycles. The van der Waals surface area contributed by atoms with Crippen LogP contribution in [0.2, 0.25) is 11.6 Å². The highest BCUT2D eigenvalue weighted by molar-refractivity contribution is 7.05. The highest BCUT2D eigenvalue weighted by atomic mass is 35.6. The van der Waals surface area contributed by atoms with E-state index in [2.05, 4.69) is 25.4 Å². The number of hydrogen-bond acceptors (Lipinski definition) is 0. The molecule has 9 heavy (non-hydrogen) atoms. The number of hydrogen-bond donors (Lipinski definition) is 0. The minimum atomic E-state index is -0.667. The molecule has 0 aromatic carbocycles. The standard InChI is InChI=1S/C4H10.2CH3.2Al.ClH.3H/c1-3-4-2;;;;;;;;/h3-4H2,1-2H3;2*1H3;;;1H;;;/q;;;;+1;;;;/p-1. The first-order valence-electron chi connectivity index (χ1n) is 3.29. The van der Waals surface area contributed by atoms with Crippen LogP contribution in [-0.2, 0) is 0 Å². The van der Waals surface area contributed by atoms with Gasteiger partial charge in [0.15, 0.2) is 17.4 Å². The maximum absolute atomic E-state index is 5.41. The molecule has 0 aromatic heterocycles. The third-order valence-electron chi connectivity index (χ3n) is 0.500. The van der Waals surface area contributed by atoms with Crippen LogP contribution in [-0.4, -0.2) is 30.6 Å². The summed E-state index contributed by atoms with van der Waals surface area (Å²) in [7, 11) is 5.41. The first-order chi connectivity index (χ1) is 3.65. The van der Waals surface area contributed by atoms with Crippen LogP contribution in [0.25, 0.3) is 0 Å². The van der Waals surface area contributed by atoms with Gasteiger partial charge in [-0.05, 0) is 0 Å². The maximum atomic E-state index is 5.41. The lowest BCUT2D eigenvalue weighted by molar-refractivity contribution is 0.886. The zero-order valence-corrected chi connectivity index (χ0v) is 8.28. The minimum absolute atomic E-state index is 0. The Labute approximate surface area is 78.7 Å². The second-order valence-corrected chi connectivity index (χ2v) is 6.66. The van der Waals surface area contributed by atoms with E-state index in [1.165, 1.54) is 12.8 Å². The Bertz CT molecular complexity index is 27.5. The van der Waals surface area contributed by atoms with Crippen LogP contribution in [0, 0.1) is 0 Å². The Hall–Kier alpha value is 1.35. The zero-order chi connectivity index (χ0) is 6.99. The molecule has 0 rings (SSSR count). The maximum Gasteiger partial charge on any atom is 0.393 e. The van der Waals surface area contributed by atoms with Crippen LogP contribution in [0.4, 0.5) is 0 Å². The van der Waals surface area contributed by atoms with E-state index in [0.29, 0.717) is 0 Å². The van der Waals surface area contributed by atoms with Gasteiger partial charge in [0, 0.05) is 0 Å². The molecule has 0 aliphatic heterocycles. The van der Waals surface area contributed by atoms with Crippen molar-refractivity contribution in [3.63, 3.8) is 0 Å². The van der Waals surface area contributed by atoms with E-state index in [0.717, 1.165) is 0 Å². The summed E-state index contributed by atoms with van der Waals surface area (Å²) in [6.45, 7) is 4.36. The van der Waals surface area contributed by atoms with Gasteiger partial charge in [-0.25, -0.2) is 0 Å². The van der Waals surface area contributed by atoms with E-state index in [9.17, 15) is 0 Å². The minimum Gasteiger partial charge on any atom is -0.262 e. The van der Waals surface area contributed by atoms with Gasteiger partial charge in [-0.2, -0.15) is 0 Å². The molecule has 0 atom stereocenters. The van der Waals surface area contributed by atoms with Gasteiger partial charge >= 0.3 is 13.2 Å². The predicted octanol–water partition coefficient (Wildman–Crippen LogP) is 2.10. The highest BCUT2D eigenvalue weighted by Gasteiger charge is 1.88. The lowest BCUT2D eigenvalue weighted by Crippen LogP contribution is -1.78. The van der Waals surface area contributed by atoms with Crippen LogP contribution in [0.15, 0.2) is 0 Å². The van der Waals surface area contributed by atoms with Crippen molar-refractivity contribution < 1.29 is 0 Å². The second-order valence-electron chi connectivity index (χ2n) is 2.01. The number of unbranched alkanes of at least 4 members (excludes halogenated alkanes) is 1. The zero-order valence-electron chi connectivity index (χ0n) is 6.37. The van der Waals surface area contributed by atoms with Crippen molar-refractivity contribution >= 4 is 40.6 Å². The molecule has 0 unspecified atom stereocenters. The summed E-state index contributed by atoms with van der Waals surface area (Å²) < 4.78 is 0. The van der Waals surface area contributed by atoms with Crippen molar-refractivity contribution in [2.24, 2.45) is 0 Å². The molecule has 0 N–H and O–H groups in total. The molecular weight excluding hydrogens is 161 g/mol. The third kappa shape index (κ3) is 91.3. The summed E-state index contributed by atoms with van der Waals surface area (Å²) in [4.78, 5) is 0. The van der Waals surface area contributed by atoms with E-state index >= 15 is 0 Å². The molecule has 0 bridgehead atoms. The largest absolute Gasteiger partial charge is 0.393 e. The van der Waals surface area contributed by atoms with E-state index in [1.807, 2.05) is 0 Å². The molecule has 0 heterocycles. The van der Waals surface area contributed by atoms with Crippen LogP contribution in [0.1, 0.15) is 26.7 Å². The van der Waals surface area contributed by atoms with Gasteiger partial charge in [0.2, 0.25) is 0 Å². The van der Waals surface area contributed by atoms with E-state index in [4.69, 9.17) is 10.0 Å². The summed E-state index contributed by atoms with van der Waals surface area (Å²) in [5.74, 6) is 4.14. The van der Waals surface area contributed by atoms with E-state index in [1.54, 1.807) is 0 Å². The van der Waals surface area contributed by atoms with Crippen molar-refractivity contribution in [1.82, 2.24) is 0 Å². The Morgan fingerprint density at radius 1 is 1.11 bits per heavy atom. The Balaban J connectivity index is -0.0000000720. The smallest absolute Gasteiger partial charge is 0.262 e. The van der Waals surface area contributed by atoms with E-state index < -0.39 is 13.2 Å². The summed E-state index contributed by atoms with van der Waals surface area (Å²) >= 11 is -0.667. The summed E-state index contributed by atoms with van der Waals surface area (Å²) in [6, 6.07) is 0. The molecule has 0 spiro atoms. The lowest BCUT2D eigenvalue weighted by Gasteiger charge is -1.68. The first-order valence-corrected chi connectivity index (χ1v) is 7.34. The van der Waals surface area contributed by atoms with Crippen molar-refractivity contribution in [3.8, 4) is 0 Å². The summed E-state index contributed by atoms with van der Waals surface area (Å²) in [5, 5.41) is 0. The van der Waals surface area contributed by atoms with E-state index in [-0.39, 0.29) is 17.4 Å². The number of rotatable bonds is 1. The van der Waals surface area contributed by atoms with Crippen LogP contribution in [0.5, 0.6) is 0 Å². The normalized spacial score (nSPS) is 6.33. The second kappa shape index (κ2) is 16.2. The topological polar surface area (TPSA) is 0 Å². The predicted molar refractivity (Wildman–Crippen MR) is 53.9 cm³/mol. The van der Waals surface area contributed by atoms with Crippen molar-refractivity contribution in [1.29, 1.82) is 0 Å². The summed E-state index contributed by atoms with van der Waals surface area (Å²) in [6.07, 6.45) is 2.64. The lowest BCUT2D eigenvalue weighted by atomic mass is 10.4. The SMILES string of the molecule is CCCC.[AlH3].[CH3][Al]([CH3])[Cl]. The molecule has 0 aliphatic carbocycles. The molecule has 0 saturated heterocycles. The fraction of sp³-hybridized carbons (Fsp3) is 1.00. The molecule has 0 aliphatic rings. The third-order valence-corrected chi connectivity index (χ3v) is 0.500. The Morgan fingerprint density at radius 3 is 1.22 bits per heavy atom. The molecule has 0 fully saturated rings. The van der Waals surface area contributed by atoms with Crippen LogP contribution < -0.4 is 0 Å². The molecule has 3 heteroatoms. The number of halogens is 1. The molecule has 0 nitrogen and oxygen atoms in total. The monoisotopic (exact) mass is 180 g/mol. The van der Waals surface area contributed by atoms with Gasteiger partial charge in [0.25, 0.3) is 0 Å². The molecular formula is C6H19Al2Cl. The van der Waals surface area contributed by atoms with Gasteiger partial charge in [0.1, 0.15) is 0 Å². The van der Waals surface area contributed by atoms with Crippen molar-refractivity contribution in [2.75, 3.05) is 0 Å². The average molecular weight is 181 g/mol. The fourth-order valence-electron chi connectivity index (χ4n) is 0. The van der Waals surface area contributed by atoms with Gasteiger partial charge < -0.3 is 0 Å². The first kappa shape index (κ1) is 16.8. The Kier molecular flexibility index (Phi) is 30.1. The quantitative estimate of drug-likeness (QED) is 0.543. The molecule has 0 aromatic rings. The van der Waals surface area contributed by atoms with Crippen molar-refractivity contribution in [3.05, 3.63) is 0 Å². The van der Waals surface area contributed by atoms with Crippen molar-refractivity contribution in [2.45, 2.75) is 38.3 Å². The average Bonchev–Trinajstić information content (AvgIpc) is 1.65.